The molecule has 0 bridgehead atoms. The highest BCUT2D eigenvalue weighted by Crippen LogP contribution is 2.17. The lowest BCUT2D eigenvalue weighted by Crippen LogP contribution is -2.34. The highest BCUT2D eigenvalue weighted by Gasteiger charge is 2.18. The molecule has 2 aromatic carbocycles. The van der Waals surface area contributed by atoms with E-state index in [2.05, 4.69) is 5.32 Å². The first-order chi connectivity index (χ1) is 11.2. The molecule has 2 rings (SSSR count). The van der Waals surface area contributed by atoms with Crippen LogP contribution in [-0.4, -0.2) is 25.5 Å². The van der Waals surface area contributed by atoms with Crippen molar-refractivity contribution in [1.82, 2.24) is 4.72 Å². The molecule has 0 heterocycles. The van der Waals surface area contributed by atoms with E-state index in [-0.39, 0.29) is 16.1 Å². The van der Waals surface area contributed by atoms with Gasteiger partial charge in [0.15, 0.2) is 0 Å². The van der Waals surface area contributed by atoms with Gasteiger partial charge in [0.1, 0.15) is 0 Å². The highest BCUT2D eigenvalue weighted by atomic mass is 32.2. The summed E-state index contributed by atoms with van der Waals surface area (Å²) in [5.41, 5.74) is 1.69. The summed E-state index contributed by atoms with van der Waals surface area (Å²) in [6.07, 6.45) is 0. The molecule has 0 fully saturated rings. The smallest absolute Gasteiger partial charge is 0.335 e. The van der Waals surface area contributed by atoms with Crippen molar-refractivity contribution in [1.29, 1.82) is 0 Å². The van der Waals surface area contributed by atoms with E-state index in [0.29, 0.717) is 5.56 Å². The Morgan fingerprint density at radius 1 is 1.00 bits per heavy atom. The maximum atomic E-state index is 12.1. The number of benzene rings is 2. The van der Waals surface area contributed by atoms with Crippen molar-refractivity contribution in [2.45, 2.75) is 18.7 Å². The van der Waals surface area contributed by atoms with Gasteiger partial charge in [0.25, 0.3) is 10.0 Å². The maximum Gasteiger partial charge on any atom is 0.335 e. The molecule has 0 saturated heterocycles. The lowest BCUT2D eigenvalue weighted by atomic mass is 10.1. The Balaban J connectivity index is 2.17. The number of urea groups is 1. The van der Waals surface area contributed by atoms with E-state index in [0.717, 1.165) is 5.56 Å². The van der Waals surface area contributed by atoms with Crippen LogP contribution in [0.4, 0.5) is 10.5 Å². The molecule has 0 unspecified atom stereocenters. The first-order valence-corrected chi connectivity index (χ1v) is 8.42. The quantitative estimate of drug-likeness (QED) is 0.786. The van der Waals surface area contributed by atoms with Crippen LogP contribution in [0.2, 0.25) is 0 Å². The highest BCUT2D eigenvalue weighted by molar-refractivity contribution is 7.90. The van der Waals surface area contributed by atoms with E-state index < -0.39 is 22.0 Å². The monoisotopic (exact) mass is 348 g/mol. The van der Waals surface area contributed by atoms with Crippen molar-refractivity contribution in [3.63, 3.8) is 0 Å². The largest absolute Gasteiger partial charge is 0.478 e. The number of carbonyl (C=O) groups excluding carboxylic acids is 1. The molecule has 0 atom stereocenters. The molecule has 0 aromatic heterocycles. The molecule has 126 valence electrons. The van der Waals surface area contributed by atoms with E-state index in [9.17, 15) is 18.0 Å². The fourth-order valence-electron chi connectivity index (χ4n) is 1.94. The minimum atomic E-state index is -4.01. The van der Waals surface area contributed by atoms with Gasteiger partial charge in [-0.25, -0.2) is 22.7 Å². The van der Waals surface area contributed by atoms with Gasteiger partial charge in [0.05, 0.1) is 10.5 Å². The Morgan fingerprint density at radius 2 is 1.62 bits per heavy atom. The van der Waals surface area contributed by atoms with Gasteiger partial charge >= 0.3 is 12.0 Å². The molecule has 3 N–H and O–H groups in total. The Kier molecular flexibility index (Phi) is 4.89. The summed E-state index contributed by atoms with van der Waals surface area (Å²) in [6.45, 7) is 3.48. The zero-order valence-electron chi connectivity index (χ0n) is 13.0. The van der Waals surface area contributed by atoms with Crippen LogP contribution >= 0.6 is 0 Å². The van der Waals surface area contributed by atoms with Gasteiger partial charge < -0.3 is 10.4 Å². The first-order valence-electron chi connectivity index (χ1n) is 6.93. The second kappa shape index (κ2) is 6.71. The number of carboxylic acid groups (broad SMARTS) is 1. The van der Waals surface area contributed by atoms with E-state index in [1.54, 1.807) is 19.1 Å². The number of amides is 2. The van der Waals surface area contributed by atoms with Crippen molar-refractivity contribution in [2.24, 2.45) is 0 Å². The number of anilines is 1. The van der Waals surface area contributed by atoms with Crippen molar-refractivity contribution in [3.05, 3.63) is 59.2 Å². The average Bonchev–Trinajstić information content (AvgIpc) is 2.49. The second-order valence-electron chi connectivity index (χ2n) is 5.21. The number of hydrogen-bond acceptors (Lipinski definition) is 4. The summed E-state index contributed by atoms with van der Waals surface area (Å²) in [7, 11) is -4.01. The molecule has 24 heavy (non-hydrogen) atoms. The molecule has 0 radical (unpaired) electrons. The molecule has 0 aliphatic heterocycles. The van der Waals surface area contributed by atoms with Crippen LogP contribution in [0.3, 0.4) is 0 Å². The molecule has 0 aliphatic rings. The van der Waals surface area contributed by atoms with Crippen molar-refractivity contribution in [2.75, 3.05) is 5.32 Å². The van der Waals surface area contributed by atoms with Gasteiger partial charge in [-0.05, 0) is 43.7 Å². The Labute approximate surface area is 139 Å². The third kappa shape index (κ3) is 4.11. The lowest BCUT2D eigenvalue weighted by Gasteiger charge is -2.11. The number of carboxylic acids is 1. The number of aromatic carboxylic acids is 1. The molecule has 7 nitrogen and oxygen atoms in total. The molecule has 2 aromatic rings. The molecule has 0 saturated carbocycles. The molecular weight excluding hydrogens is 332 g/mol. The standard InChI is InChI=1S/C16H16N2O5S/c1-10-3-7-13(8-4-10)24(22,23)18-16(21)17-14-9-12(15(19)20)6-5-11(14)2/h3-9H,1-2H3,(H,19,20)(H2,17,18,21). The molecule has 8 heteroatoms. The zero-order chi connectivity index (χ0) is 17.9. The van der Waals surface area contributed by atoms with Crippen LogP contribution in [0, 0.1) is 13.8 Å². The second-order valence-corrected chi connectivity index (χ2v) is 6.89. The summed E-state index contributed by atoms with van der Waals surface area (Å²) in [6, 6.07) is 9.22. The molecule has 0 spiro atoms. The van der Waals surface area contributed by atoms with Crippen LogP contribution in [-0.2, 0) is 10.0 Å². The van der Waals surface area contributed by atoms with E-state index in [1.165, 1.54) is 30.3 Å². The topological polar surface area (TPSA) is 113 Å². The number of sulfonamides is 1. The molecular formula is C16H16N2O5S. The summed E-state index contributed by atoms with van der Waals surface area (Å²) in [5, 5.41) is 11.3. The normalized spacial score (nSPS) is 10.9. The Morgan fingerprint density at radius 3 is 2.21 bits per heavy atom. The van der Waals surface area contributed by atoms with Crippen molar-refractivity contribution in [3.8, 4) is 0 Å². The van der Waals surface area contributed by atoms with Crippen LogP contribution in [0.5, 0.6) is 0 Å². The summed E-state index contributed by atoms with van der Waals surface area (Å²) >= 11 is 0. The fraction of sp³-hybridized carbons (Fsp3) is 0.125. The Hall–Kier alpha value is -2.87. The van der Waals surface area contributed by atoms with Gasteiger partial charge in [0, 0.05) is 5.69 Å². The maximum absolute atomic E-state index is 12.1. The summed E-state index contributed by atoms with van der Waals surface area (Å²) < 4.78 is 26.2. The van der Waals surface area contributed by atoms with E-state index in [1.807, 2.05) is 11.6 Å². The van der Waals surface area contributed by atoms with Crippen molar-refractivity contribution >= 4 is 27.7 Å². The van der Waals surface area contributed by atoms with Crippen molar-refractivity contribution < 1.29 is 23.1 Å². The number of hydrogen-bond donors (Lipinski definition) is 3. The van der Waals surface area contributed by atoms with Crippen LogP contribution in [0.25, 0.3) is 0 Å². The first kappa shape index (κ1) is 17.5. The molecule has 0 aliphatic carbocycles. The predicted molar refractivity (Wildman–Crippen MR) is 88.7 cm³/mol. The zero-order valence-corrected chi connectivity index (χ0v) is 13.8. The average molecular weight is 348 g/mol. The van der Waals surface area contributed by atoms with E-state index in [4.69, 9.17) is 5.11 Å². The van der Waals surface area contributed by atoms with Crippen LogP contribution in [0.1, 0.15) is 21.5 Å². The fourth-order valence-corrected chi connectivity index (χ4v) is 2.84. The third-order valence-electron chi connectivity index (χ3n) is 3.29. The van der Waals surface area contributed by atoms with Gasteiger partial charge in [-0.15, -0.1) is 0 Å². The molecule has 2 amide bonds. The van der Waals surface area contributed by atoms with Gasteiger partial charge in [-0.2, -0.15) is 0 Å². The van der Waals surface area contributed by atoms with Gasteiger partial charge in [-0.3, -0.25) is 0 Å². The summed E-state index contributed by atoms with van der Waals surface area (Å²) in [5.74, 6) is -1.15. The van der Waals surface area contributed by atoms with Crippen LogP contribution in [0.15, 0.2) is 47.4 Å². The Bertz CT molecular complexity index is 889. The van der Waals surface area contributed by atoms with Gasteiger partial charge in [-0.1, -0.05) is 23.8 Å². The number of rotatable bonds is 4. The third-order valence-corrected chi connectivity index (χ3v) is 4.64. The predicted octanol–water partition coefficient (Wildman–Crippen LogP) is 2.51. The SMILES string of the molecule is Cc1ccc(S(=O)(=O)NC(=O)Nc2cc(C(=O)O)ccc2C)cc1. The van der Waals surface area contributed by atoms with E-state index >= 15 is 0 Å². The number of aryl methyl sites for hydroxylation is 2. The number of carbonyl (C=O) groups is 2. The van der Waals surface area contributed by atoms with Gasteiger partial charge in [0.2, 0.25) is 0 Å². The summed E-state index contributed by atoms with van der Waals surface area (Å²) in [4.78, 5) is 22.9. The van der Waals surface area contributed by atoms with Crippen LogP contribution < -0.4 is 10.0 Å². The number of nitrogens with one attached hydrogen (secondary N) is 2. The minimum Gasteiger partial charge on any atom is -0.478 e. The lowest BCUT2D eigenvalue weighted by molar-refractivity contribution is 0.0697. The minimum absolute atomic E-state index is 0.0164.